The Bertz CT molecular complexity index is 745. The van der Waals surface area contributed by atoms with Crippen molar-refractivity contribution in [1.29, 1.82) is 0 Å². The zero-order valence-corrected chi connectivity index (χ0v) is 11.2. The highest BCUT2D eigenvalue weighted by molar-refractivity contribution is 6.32. The molecule has 1 aliphatic rings. The number of rotatable bonds is 2. The molecule has 0 radical (unpaired) electrons. The Labute approximate surface area is 120 Å². The van der Waals surface area contributed by atoms with Gasteiger partial charge in [-0.2, -0.15) is 0 Å². The first-order valence-corrected chi connectivity index (χ1v) is 6.45. The van der Waals surface area contributed by atoms with Crippen LogP contribution in [-0.2, 0) is 5.54 Å². The average molecular weight is 283 g/mol. The molecule has 0 bridgehead atoms. The Morgan fingerprint density at radius 1 is 1.63 bits per heavy atom. The maximum Gasteiger partial charge on any atom is 0.134 e. The van der Waals surface area contributed by atoms with Gasteiger partial charge >= 0.3 is 0 Å². The number of H-pyrrole nitrogens is 1. The van der Waals surface area contributed by atoms with Crippen molar-refractivity contribution in [1.82, 2.24) is 15.0 Å². The second-order valence-electron chi connectivity index (χ2n) is 4.82. The summed E-state index contributed by atoms with van der Waals surface area (Å²) in [5.74, 6) is 0.241. The summed E-state index contributed by atoms with van der Waals surface area (Å²) in [5.41, 5.74) is 0.570. The van der Waals surface area contributed by atoms with Crippen LogP contribution in [0.15, 0.2) is 17.4 Å². The number of hydrogen-bond acceptors (Lipinski definition) is 3. The highest BCUT2D eigenvalue weighted by Crippen LogP contribution is 2.38. The lowest BCUT2D eigenvalue weighted by molar-refractivity contribution is 0.151. The smallest absolute Gasteiger partial charge is 0.134 e. The number of hydrogen-bond donors (Lipinski definition) is 1. The summed E-state index contributed by atoms with van der Waals surface area (Å²) in [6.45, 7) is -0.302. The van der Waals surface area contributed by atoms with Crippen molar-refractivity contribution >= 4 is 22.6 Å². The molecule has 0 amide bonds. The van der Waals surface area contributed by atoms with Crippen LogP contribution in [0.2, 0.25) is 5.02 Å². The molecule has 1 saturated heterocycles. The minimum Gasteiger partial charge on any atom is -0.340 e. The minimum atomic E-state index is -2.43. The van der Waals surface area contributed by atoms with Gasteiger partial charge in [-0.05, 0) is 44.3 Å². The summed E-state index contributed by atoms with van der Waals surface area (Å²) in [6, 6.07) is 3.48. The zero-order chi connectivity index (χ0) is 16.1. The van der Waals surface area contributed by atoms with Crippen LogP contribution in [0.4, 0.5) is 0 Å². The van der Waals surface area contributed by atoms with Crippen LogP contribution in [0.5, 0.6) is 0 Å². The number of aromatic amines is 1. The molecule has 6 heteroatoms. The van der Waals surface area contributed by atoms with E-state index in [1.165, 1.54) is 0 Å². The number of nitroso groups, excluding NO2 is 1. The summed E-state index contributed by atoms with van der Waals surface area (Å²) >= 11 is 6.09. The Hall–Kier alpha value is -1.62. The SMILES string of the molecule is [2H][13C]([2H])([2H])[C@@]1(c2nc3c(C)c(Cl)ccc3[nH]2)CCCN1N=O. The van der Waals surface area contributed by atoms with Gasteiger partial charge in [0.05, 0.1) is 16.3 Å². The van der Waals surface area contributed by atoms with E-state index in [0.29, 0.717) is 35.4 Å². The fourth-order valence-electron chi connectivity index (χ4n) is 2.54. The molecule has 1 aromatic heterocycles. The molecule has 0 aliphatic carbocycles. The van der Waals surface area contributed by atoms with Gasteiger partial charge in [-0.1, -0.05) is 11.6 Å². The molecule has 3 rings (SSSR count). The molecular weight excluding hydrogens is 265 g/mol. The van der Waals surface area contributed by atoms with Gasteiger partial charge in [-0.15, -0.1) is 4.91 Å². The number of benzene rings is 1. The number of halogens is 1. The lowest BCUT2D eigenvalue weighted by Gasteiger charge is -2.27. The normalized spacial score (nSPS) is 26.2. The summed E-state index contributed by atoms with van der Waals surface area (Å²) in [4.78, 5) is 18.6. The van der Waals surface area contributed by atoms with E-state index in [4.69, 9.17) is 15.7 Å². The van der Waals surface area contributed by atoms with Crippen LogP contribution in [0.3, 0.4) is 0 Å². The van der Waals surface area contributed by atoms with Gasteiger partial charge in [0, 0.05) is 15.7 Å². The van der Waals surface area contributed by atoms with E-state index >= 15 is 0 Å². The van der Waals surface area contributed by atoms with Crippen LogP contribution in [0, 0.1) is 11.8 Å². The molecule has 19 heavy (non-hydrogen) atoms. The van der Waals surface area contributed by atoms with Crippen molar-refractivity contribution in [3.05, 3.63) is 33.5 Å². The van der Waals surface area contributed by atoms with Gasteiger partial charge in [0.25, 0.3) is 0 Å². The molecule has 1 aliphatic heterocycles. The molecular formula is C13H15ClN4O. The number of imidazole rings is 1. The molecule has 1 aromatic carbocycles. The highest BCUT2D eigenvalue weighted by atomic mass is 35.5. The van der Waals surface area contributed by atoms with Gasteiger partial charge < -0.3 is 4.98 Å². The molecule has 2 heterocycles. The van der Waals surface area contributed by atoms with Crippen molar-refractivity contribution in [2.45, 2.75) is 32.2 Å². The molecule has 5 nitrogen and oxygen atoms in total. The fourth-order valence-corrected chi connectivity index (χ4v) is 2.69. The average Bonchev–Trinajstić information content (AvgIpc) is 3.06. The molecule has 1 atom stereocenters. The van der Waals surface area contributed by atoms with E-state index in [9.17, 15) is 4.91 Å². The minimum absolute atomic E-state index is 0.241. The maximum atomic E-state index is 11.1. The number of aromatic nitrogens is 2. The maximum absolute atomic E-state index is 11.1. The Morgan fingerprint density at radius 3 is 3.21 bits per heavy atom. The van der Waals surface area contributed by atoms with Crippen LogP contribution < -0.4 is 0 Å². The predicted octanol–water partition coefficient (Wildman–Crippen LogP) is 3.52. The molecule has 0 saturated carbocycles. The van der Waals surface area contributed by atoms with Gasteiger partial charge in [-0.3, -0.25) is 0 Å². The molecule has 1 N–H and O–H groups in total. The van der Waals surface area contributed by atoms with Crippen LogP contribution >= 0.6 is 11.6 Å². The van der Waals surface area contributed by atoms with Crippen molar-refractivity contribution in [2.75, 3.05) is 6.54 Å². The monoisotopic (exact) mass is 282 g/mol. The second kappa shape index (κ2) is 4.20. The van der Waals surface area contributed by atoms with Crippen molar-refractivity contribution in [3.63, 3.8) is 0 Å². The number of nitrogens with one attached hydrogen (secondary N) is 1. The standard InChI is InChI=1S/C13H15ClN4O/c1-8-9(14)4-5-10-11(8)16-12(15-10)13(2)6-3-7-18(13)17-19/h4-5H,3,6-7H2,1-2H3,(H,15,16)/t13-/m0/s1/i2+1D3. The van der Waals surface area contributed by atoms with Gasteiger partial charge in [-0.25, -0.2) is 9.99 Å². The first-order chi connectivity index (χ1) is 10.3. The molecule has 0 unspecified atom stereocenters. The summed E-state index contributed by atoms with van der Waals surface area (Å²) in [7, 11) is 0. The third-order valence-corrected chi connectivity index (χ3v) is 4.09. The molecule has 100 valence electrons. The van der Waals surface area contributed by atoms with E-state index < -0.39 is 12.4 Å². The van der Waals surface area contributed by atoms with E-state index in [1.807, 2.05) is 6.92 Å². The highest BCUT2D eigenvalue weighted by Gasteiger charge is 2.41. The Balaban J connectivity index is 2.26. The van der Waals surface area contributed by atoms with E-state index in [0.717, 1.165) is 10.6 Å². The molecule has 1 fully saturated rings. The van der Waals surface area contributed by atoms with E-state index in [2.05, 4.69) is 15.3 Å². The largest absolute Gasteiger partial charge is 0.340 e. The predicted molar refractivity (Wildman–Crippen MR) is 74.9 cm³/mol. The first kappa shape index (κ1) is 9.31. The molecule has 2 aromatic rings. The third-order valence-electron chi connectivity index (χ3n) is 3.68. The Morgan fingerprint density at radius 2 is 2.47 bits per heavy atom. The van der Waals surface area contributed by atoms with E-state index in [1.54, 1.807) is 12.1 Å². The number of aryl methyl sites for hydroxylation is 1. The lowest BCUT2D eigenvalue weighted by Crippen LogP contribution is -2.35. The summed E-state index contributed by atoms with van der Waals surface area (Å²) < 4.78 is 23.8. The van der Waals surface area contributed by atoms with Crippen molar-refractivity contribution in [3.8, 4) is 0 Å². The molecule has 0 spiro atoms. The van der Waals surface area contributed by atoms with Crippen molar-refractivity contribution < 1.29 is 4.11 Å². The lowest BCUT2D eigenvalue weighted by atomic mass is 10.1. The van der Waals surface area contributed by atoms with Crippen molar-refractivity contribution in [2.24, 2.45) is 5.29 Å². The second-order valence-corrected chi connectivity index (χ2v) is 5.23. The fraction of sp³-hybridized carbons (Fsp3) is 0.462. The van der Waals surface area contributed by atoms with Gasteiger partial charge in [0.2, 0.25) is 0 Å². The first-order valence-electron chi connectivity index (χ1n) is 7.57. The Kier molecular flexibility index (Phi) is 2.06. The van der Waals surface area contributed by atoms with Gasteiger partial charge in [0.15, 0.2) is 0 Å². The number of fused-ring (bicyclic) bond motifs is 1. The quantitative estimate of drug-likeness (QED) is 0.677. The topological polar surface area (TPSA) is 61.4 Å². The van der Waals surface area contributed by atoms with E-state index in [-0.39, 0.29) is 5.82 Å². The third kappa shape index (κ3) is 1.72. The van der Waals surface area contributed by atoms with Crippen LogP contribution in [0.25, 0.3) is 11.0 Å². The number of nitrogens with zero attached hydrogens (tertiary/aromatic N) is 3. The zero-order valence-electron chi connectivity index (χ0n) is 13.4. The van der Waals surface area contributed by atoms with Gasteiger partial charge in [0.1, 0.15) is 11.4 Å². The van der Waals surface area contributed by atoms with Crippen LogP contribution in [0.1, 0.15) is 35.2 Å². The van der Waals surface area contributed by atoms with Crippen LogP contribution in [-0.4, -0.2) is 21.5 Å². The summed E-state index contributed by atoms with van der Waals surface area (Å²) in [6.07, 6.45) is 0.864. The summed E-state index contributed by atoms with van der Waals surface area (Å²) in [5, 5.41) is 4.58.